The van der Waals surface area contributed by atoms with Gasteiger partial charge in [-0.15, -0.1) is 0 Å². The van der Waals surface area contributed by atoms with Crippen molar-refractivity contribution in [2.24, 2.45) is 23.7 Å². The van der Waals surface area contributed by atoms with Gasteiger partial charge in [0.05, 0.1) is 26.4 Å². The Balaban J connectivity index is 5.19. The molecule has 0 saturated carbocycles. The molecule has 3 N–H and O–H groups in total. The van der Waals surface area contributed by atoms with Gasteiger partial charge in [-0.3, -0.25) is 37.3 Å². The van der Waals surface area contributed by atoms with Crippen molar-refractivity contribution < 1.29 is 80.2 Å². The Bertz CT molecular complexity index is 1800. The van der Waals surface area contributed by atoms with Crippen LogP contribution in [0.3, 0.4) is 0 Å². The van der Waals surface area contributed by atoms with E-state index in [1.807, 2.05) is 0 Å². The number of hydrogen-bond acceptors (Lipinski definition) is 15. The average Bonchev–Trinajstić information content (AvgIpc) is 2.38. The molecule has 0 aliphatic rings. The van der Waals surface area contributed by atoms with Crippen LogP contribution in [0.2, 0.25) is 0 Å². The number of ether oxygens (including phenoxy) is 4. The number of aliphatic hydroxyl groups excluding tert-OH is 1. The summed E-state index contributed by atoms with van der Waals surface area (Å²) in [4.78, 5) is 72.5. The quantitative estimate of drug-likeness (QED) is 0.0222. The third kappa shape index (κ3) is 65.1. The molecule has 0 bridgehead atoms. The zero-order valence-electron chi connectivity index (χ0n) is 59.5. The second-order valence-electron chi connectivity index (χ2n) is 27.6. The standard InChI is InChI=1S/C72H140O17P2/c1-9-65(8)51-43-35-25-21-18-19-23-27-38-46-54-71(76)88-67(58-82-69(74)52-44-36-26-22-17-15-13-11-10-12-14-16-20-24-32-40-48-62(2)3)60-86-90(78,79)84-56-66(73)57-85-91(80,81)87-61-68(89-72(77)55-47-39-31-29-34-42-50-64(6)7)59-83-70(75)53-45-37-30-28-33-41-49-63(4)5/h62-68,73H,9-61H2,1-8H3,(H,78,79)(H,80,81)/t65?,66-,67-,68-/m1/s1. The van der Waals surface area contributed by atoms with E-state index >= 15 is 0 Å². The Morgan fingerprint density at radius 3 is 0.780 bits per heavy atom. The number of carbonyl (C=O) groups is 4. The largest absolute Gasteiger partial charge is 0.472 e. The fourth-order valence-corrected chi connectivity index (χ4v) is 12.4. The van der Waals surface area contributed by atoms with Crippen molar-refractivity contribution in [1.29, 1.82) is 0 Å². The van der Waals surface area contributed by atoms with Crippen molar-refractivity contribution in [2.45, 2.75) is 375 Å². The first-order chi connectivity index (χ1) is 43.6. The van der Waals surface area contributed by atoms with Crippen LogP contribution in [0, 0.1) is 23.7 Å². The number of rotatable bonds is 69. The number of unbranched alkanes of at least 4 members (excludes halogenated alkanes) is 34. The maximum Gasteiger partial charge on any atom is 0.472 e. The molecule has 0 aromatic rings. The molecule has 0 amide bonds. The number of phosphoric ester groups is 2. The van der Waals surface area contributed by atoms with Crippen molar-refractivity contribution in [3.8, 4) is 0 Å². The monoisotopic (exact) mass is 1340 g/mol. The molecule has 0 saturated heterocycles. The van der Waals surface area contributed by atoms with Gasteiger partial charge in [-0.1, -0.05) is 306 Å². The van der Waals surface area contributed by atoms with Crippen molar-refractivity contribution in [3.63, 3.8) is 0 Å². The number of phosphoric acid groups is 2. The SMILES string of the molecule is CCC(C)CCCCCCCCCCCCC(=O)O[C@H](COC(=O)CCCCCCCCCCCCCCCCCCC(C)C)COP(=O)(O)OC[C@@H](O)COP(=O)(O)OC[C@@H](COC(=O)CCCCCCCCC(C)C)OC(=O)CCCCCCCCC(C)C. The van der Waals surface area contributed by atoms with E-state index in [9.17, 15) is 43.2 Å². The van der Waals surface area contributed by atoms with Crippen LogP contribution in [-0.4, -0.2) is 96.7 Å². The number of carbonyl (C=O) groups excluding carboxylic acids is 4. The first kappa shape index (κ1) is 89.1. The minimum Gasteiger partial charge on any atom is -0.462 e. The molecule has 0 fully saturated rings. The van der Waals surface area contributed by atoms with Crippen molar-refractivity contribution in [2.75, 3.05) is 39.6 Å². The van der Waals surface area contributed by atoms with Gasteiger partial charge in [-0.25, -0.2) is 9.13 Å². The molecule has 0 aromatic heterocycles. The van der Waals surface area contributed by atoms with Crippen LogP contribution in [0.4, 0.5) is 0 Å². The maximum atomic E-state index is 13.0. The minimum absolute atomic E-state index is 0.101. The van der Waals surface area contributed by atoms with Crippen molar-refractivity contribution >= 4 is 39.5 Å². The summed E-state index contributed by atoms with van der Waals surface area (Å²) < 4.78 is 68.3. The van der Waals surface area contributed by atoms with Gasteiger partial charge in [0.1, 0.15) is 19.3 Å². The Morgan fingerprint density at radius 2 is 0.527 bits per heavy atom. The summed E-state index contributed by atoms with van der Waals surface area (Å²) in [6.07, 6.45) is 44.8. The third-order valence-corrected chi connectivity index (χ3v) is 18.8. The fraction of sp³-hybridized carbons (Fsp3) is 0.944. The summed E-state index contributed by atoms with van der Waals surface area (Å²) in [5.41, 5.74) is 0. The molecule has 91 heavy (non-hydrogen) atoms. The van der Waals surface area contributed by atoms with E-state index in [4.69, 9.17) is 37.0 Å². The molecule has 0 aromatic carbocycles. The van der Waals surface area contributed by atoms with E-state index in [-0.39, 0.29) is 25.7 Å². The van der Waals surface area contributed by atoms with Crippen LogP contribution >= 0.6 is 15.6 Å². The topological polar surface area (TPSA) is 237 Å². The van der Waals surface area contributed by atoms with E-state index in [1.165, 1.54) is 154 Å². The Kier molecular flexibility index (Phi) is 60.3. The number of aliphatic hydroxyl groups is 1. The molecule has 0 spiro atoms. The van der Waals surface area contributed by atoms with Gasteiger partial charge < -0.3 is 33.8 Å². The van der Waals surface area contributed by atoms with Gasteiger partial charge in [0.15, 0.2) is 12.2 Å². The summed E-state index contributed by atoms with van der Waals surface area (Å²) in [6.45, 7) is 14.0. The average molecular weight is 1340 g/mol. The summed E-state index contributed by atoms with van der Waals surface area (Å²) >= 11 is 0. The Hall–Kier alpha value is -1.94. The smallest absolute Gasteiger partial charge is 0.462 e. The second-order valence-corrected chi connectivity index (χ2v) is 30.6. The van der Waals surface area contributed by atoms with Crippen LogP contribution in [0.5, 0.6) is 0 Å². The summed E-state index contributed by atoms with van der Waals surface area (Å²) in [5.74, 6) is 0.831. The van der Waals surface area contributed by atoms with Gasteiger partial charge in [-0.05, 0) is 49.4 Å². The number of esters is 4. The predicted molar refractivity (Wildman–Crippen MR) is 367 cm³/mol. The van der Waals surface area contributed by atoms with Gasteiger partial charge in [0, 0.05) is 25.7 Å². The summed E-state index contributed by atoms with van der Waals surface area (Å²) in [7, 11) is -9.90. The molecule has 540 valence electrons. The Morgan fingerprint density at radius 1 is 0.308 bits per heavy atom. The van der Waals surface area contributed by atoms with Crippen molar-refractivity contribution in [3.05, 3.63) is 0 Å². The van der Waals surface area contributed by atoms with E-state index in [2.05, 4.69) is 55.4 Å². The maximum absolute atomic E-state index is 13.0. The number of hydrogen-bond donors (Lipinski definition) is 3. The predicted octanol–water partition coefficient (Wildman–Crippen LogP) is 20.5. The fourth-order valence-electron chi connectivity index (χ4n) is 10.8. The van der Waals surface area contributed by atoms with Crippen LogP contribution in [-0.2, 0) is 65.4 Å². The molecule has 0 aliphatic carbocycles. The molecular weight excluding hydrogens is 1200 g/mol. The lowest BCUT2D eigenvalue weighted by Gasteiger charge is -2.21. The summed E-state index contributed by atoms with van der Waals surface area (Å²) in [5, 5.41) is 10.6. The normalized spacial score (nSPS) is 14.5. The van der Waals surface area contributed by atoms with Gasteiger partial charge in [0.25, 0.3) is 0 Å². The highest BCUT2D eigenvalue weighted by molar-refractivity contribution is 7.47. The van der Waals surface area contributed by atoms with Crippen LogP contribution < -0.4 is 0 Å². The Labute approximate surface area is 556 Å². The first-order valence-electron chi connectivity index (χ1n) is 37.2. The van der Waals surface area contributed by atoms with E-state index in [0.717, 1.165) is 108 Å². The lowest BCUT2D eigenvalue weighted by molar-refractivity contribution is -0.161. The highest BCUT2D eigenvalue weighted by atomic mass is 31.2. The molecule has 0 radical (unpaired) electrons. The lowest BCUT2D eigenvalue weighted by atomic mass is 9.99. The zero-order valence-corrected chi connectivity index (χ0v) is 61.3. The third-order valence-electron chi connectivity index (χ3n) is 16.9. The molecule has 0 aliphatic heterocycles. The van der Waals surface area contributed by atoms with Gasteiger partial charge >= 0.3 is 39.5 Å². The van der Waals surface area contributed by atoms with E-state index < -0.39 is 97.5 Å². The zero-order chi connectivity index (χ0) is 67.5. The van der Waals surface area contributed by atoms with Crippen molar-refractivity contribution in [1.82, 2.24) is 0 Å². The molecule has 19 heteroatoms. The van der Waals surface area contributed by atoms with Crippen LogP contribution in [0.1, 0.15) is 357 Å². The highest BCUT2D eigenvalue weighted by Crippen LogP contribution is 2.45. The van der Waals surface area contributed by atoms with E-state index in [0.29, 0.717) is 37.5 Å². The first-order valence-corrected chi connectivity index (χ1v) is 40.2. The molecule has 17 nitrogen and oxygen atoms in total. The molecular formula is C72H140O17P2. The van der Waals surface area contributed by atoms with E-state index in [1.54, 1.807) is 0 Å². The minimum atomic E-state index is -4.95. The molecule has 3 unspecified atom stereocenters. The van der Waals surface area contributed by atoms with Gasteiger partial charge in [0.2, 0.25) is 0 Å². The highest BCUT2D eigenvalue weighted by Gasteiger charge is 2.30. The van der Waals surface area contributed by atoms with Crippen LogP contribution in [0.25, 0.3) is 0 Å². The molecule has 6 atom stereocenters. The van der Waals surface area contributed by atoms with Crippen LogP contribution in [0.15, 0.2) is 0 Å². The molecule has 0 rings (SSSR count). The second kappa shape index (κ2) is 61.6. The lowest BCUT2D eigenvalue weighted by Crippen LogP contribution is -2.30. The van der Waals surface area contributed by atoms with Gasteiger partial charge in [-0.2, -0.15) is 0 Å². The molecule has 0 heterocycles. The summed E-state index contributed by atoms with van der Waals surface area (Å²) in [6, 6.07) is 0.